The molecule has 9 nitrogen and oxygen atoms in total. The molecule has 0 saturated heterocycles. The first-order valence-electron chi connectivity index (χ1n) is 4.82. The summed E-state index contributed by atoms with van der Waals surface area (Å²) in [4.78, 5) is 40.9. The minimum atomic E-state index is -4.41. The van der Waals surface area contributed by atoms with E-state index in [4.69, 9.17) is 21.1 Å². The summed E-state index contributed by atoms with van der Waals surface area (Å²) in [6, 6.07) is 0. The maximum Gasteiger partial charge on any atom is 0.330 e. The Morgan fingerprint density at radius 1 is 1.11 bits per heavy atom. The number of nitrogens with two attached hydrogens (primary N) is 1. The van der Waals surface area contributed by atoms with Crippen molar-refractivity contribution in [1.29, 1.82) is 0 Å². The molecule has 0 aliphatic carbocycles. The van der Waals surface area contributed by atoms with Crippen molar-refractivity contribution in [2.75, 3.05) is 6.16 Å². The number of carboxylic acids is 3. The molecule has 0 aliphatic rings. The Bertz CT molecular complexity index is 395. The Kier molecular flexibility index (Phi) is 5.96. The van der Waals surface area contributed by atoms with E-state index in [-0.39, 0.29) is 6.42 Å². The van der Waals surface area contributed by atoms with Gasteiger partial charge in [-0.05, 0) is 6.42 Å². The average Bonchev–Trinajstić information content (AvgIpc) is 2.22. The van der Waals surface area contributed by atoms with Crippen molar-refractivity contribution in [2.45, 2.75) is 18.6 Å². The second-order valence-corrected chi connectivity index (χ2v) is 6.12. The van der Waals surface area contributed by atoms with Crippen LogP contribution in [0.2, 0.25) is 0 Å². The monoisotopic (exact) mass is 283 g/mol. The quantitative estimate of drug-likeness (QED) is 0.356. The summed E-state index contributed by atoms with van der Waals surface area (Å²) in [6.45, 7) is 0. The fourth-order valence-corrected chi connectivity index (χ4v) is 2.74. The van der Waals surface area contributed by atoms with E-state index in [0.29, 0.717) is 0 Å². The van der Waals surface area contributed by atoms with Gasteiger partial charge in [-0.15, -0.1) is 0 Å². The first-order chi connectivity index (χ1) is 8.08. The molecule has 0 aromatic heterocycles. The Morgan fingerprint density at radius 3 is 1.94 bits per heavy atom. The van der Waals surface area contributed by atoms with E-state index in [1.54, 1.807) is 0 Å². The molecule has 0 bridgehead atoms. The minimum absolute atomic E-state index is 0.373. The third-order valence-corrected chi connectivity index (χ3v) is 4.28. The molecule has 18 heavy (non-hydrogen) atoms. The largest absolute Gasteiger partial charge is 0.481 e. The van der Waals surface area contributed by atoms with Crippen LogP contribution in [0.5, 0.6) is 0 Å². The molecule has 0 aromatic carbocycles. The average molecular weight is 283 g/mol. The molecule has 10 heteroatoms. The van der Waals surface area contributed by atoms with Crippen molar-refractivity contribution < 1.29 is 39.2 Å². The predicted octanol–water partition coefficient (Wildman–Crippen LogP) is -0.808. The second-order valence-electron chi connectivity index (χ2n) is 3.69. The van der Waals surface area contributed by atoms with Gasteiger partial charge in [-0.1, -0.05) is 0 Å². The molecule has 0 saturated carbocycles. The van der Waals surface area contributed by atoms with Crippen LogP contribution in [0.1, 0.15) is 12.8 Å². The molecule has 2 unspecified atom stereocenters. The lowest BCUT2D eigenvalue weighted by Gasteiger charge is -2.19. The molecule has 0 amide bonds. The zero-order valence-electron chi connectivity index (χ0n) is 9.22. The molecule has 0 aliphatic heterocycles. The fourth-order valence-electron chi connectivity index (χ4n) is 1.19. The Morgan fingerprint density at radius 2 is 1.61 bits per heavy atom. The summed E-state index contributed by atoms with van der Waals surface area (Å²) in [5.74, 6) is -7.95. The summed E-state index contributed by atoms with van der Waals surface area (Å²) in [6.07, 6.45) is -1.75. The molecule has 6 N–H and O–H groups in total. The molecule has 0 fully saturated rings. The molecule has 3 atom stereocenters. The molecule has 0 heterocycles. The number of carboxylic acid groups (broad SMARTS) is 3. The normalized spacial score (nSPS) is 17.4. The lowest BCUT2D eigenvalue weighted by atomic mass is 10.1. The highest BCUT2D eigenvalue weighted by Crippen LogP contribution is 2.46. The van der Waals surface area contributed by atoms with E-state index in [0.717, 1.165) is 0 Å². The first-order valence-corrected chi connectivity index (χ1v) is 6.73. The van der Waals surface area contributed by atoms with E-state index >= 15 is 0 Å². The van der Waals surface area contributed by atoms with Crippen LogP contribution in [0.25, 0.3) is 0 Å². The Labute approximate surface area is 102 Å². The van der Waals surface area contributed by atoms with Gasteiger partial charge in [-0.2, -0.15) is 0 Å². The van der Waals surface area contributed by atoms with Gasteiger partial charge in [0.1, 0.15) is 0 Å². The van der Waals surface area contributed by atoms with Gasteiger partial charge in [0.15, 0.2) is 5.78 Å². The van der Waals surface area contributed by atoms with E-state index in [1.807, 2.05) is 0 Å². The van der Waals surface area contributed by atoms with Crippen LogP contribution < -0.4 is 5.73 Å². The van der Waals surface area contributed by atoms with E-state index < -0.39 is 49.6 Å². The molecule has 0 aromatic rings. The number of hydrogen-bond acceptors (Lipinski definition) is 5. The van der Waals surface area contributed by atoms with Gasteiger partial charge in [0, 0.05) is 12.6 Å². The lowest BCUT2D eigenvalue weighted by Crippen LogP contribution is -2.33. The molecule has 0 spiro atoms. The molecule has 0 radical (unpaired) electrons. The van der Waals surface area contributed by atoms with Gasteiger partial charge in [0.2, 0.25) is 7.37 Å². The van der Waals surface area contributed by atoms with Gasteiger partial charge in [0.25, 0.3) is 0 Å². The molecule has 0 rings (SSSR count). The fraction of sp³-hybridized carbons (Fsp3) is 0.625. The lowest BCUT2D eigenvalue weighted by molar-refractivity contribution is -0.142. The third kappa shape index (κ3) is 5.26. The van der Waals surface area contributed by atoms with Crippen molar-refractivity contribution in [2.24, 2.45) is 11.7 Å². The van der Waals surface area contributed by atoms with Crippen LogP contribution in [0, 0.1) is 5.92 Å². The smallest absolute Gasteiger partial charge is 0.330 e. The Hall–Kier alpha value is -1.44. The highest BCUT2D eigenvalue weighted by atomic mass is 31.2. The van der Waals surface area contributed by atoms with Crippen LogP contribution in [0.15, 0.2) is 0 Å². The van der Waals surface area contributed by atoms with Crippen molar-refractivity contribution in [3.8, 4) is 0 Å². The maximum atomic E-state index is 11.6. The van der Waals surface area contributed by atoms with Crippen LogP contribution in [-0.4, -0.2) is 50.1 Å². The highest BCUT2D eigenvalue weighted by molar-refractivity contribution is 7.59. The van der Waals surface area contributed by atoms with Crippen molar-refractivity contribution in [3.63, 3.8) is 0 Å². The van der Waals surface area contributed by atoms with E-state index in [2.05, 4.69) is 0 Å². The van der Waals surface area contributed by atoms with Gasteiger partial charge in [-0.3, -0.25) is 14.2 Å². The Balaban J connectivity index is 4.77. The van der Waals surface area contributed by atoms with Crippen LogP contribution in [0.4, 0.5) is 0 Å². The molecular formula is C8H14NO8P. The number of aliphatic carboxylic acids is 3. The summed E-state index contributed by atoms with van der Waals surface area (Å²) in [5.41, 5.74) is 4.98. The SMILES string of the molecule is NC(C(=O)O)P(=O)(O)C[C@@H](CCC(=O)O)C(=O)O. The minimum Gasteiger partial charge on any atom is -0.481 e. The van der Waals surface area contributed by atoms with Crippen LogP contribution in [-0.2, 0) is 18.9 Å². The summed E-state index contributed by atoms with van der Waals surface area (Å²) < 4.78 is 11.6. The van der Waals surface area contributed by atoms with Crippen LogP contribution in [0.3, 0.4) is 0 Å². The van der Waals surface area contributed by atoms with Crippen LogP contribution >= 0.6 is 7.37 Å². The summed E-state index contributed by atoms with van der Waals surface area (Å²) >= 11 is 0. The topological polar surface area (TPSA) is 175 Å². The number of carbonyl (C=O) groups is 3. The van der Waals surface area contributed by atoms with Gasteiger partial charge in [-0.25, -0.2) is 4.79 Å². The number of hydrogen-bond donors (Lipinski definition) is 5. The van der Waals surface area contributed by atoms with Gasteiger partial charge >= 0.3 is 17.9 Å². The van der Waals surface area contributed by atoms with Gasteiger partial charge < -0.3 is 25.9 Å². The standard InChI is InChI=1S/C8H14NO8P/c9-6(8(14)15)18(16,17)3-4(7(12)13)1-2-5(10)11/h4,6H,1-3,9H2,(H,10,11)(H,12,13)(H,14,15)(H,16,17)/t4-,6?/m1/s1. The first kappa shape index (κ1) is 16.6. The van der Waals surface area contributed by atoms with E-state index in [1.165, 1.54) is 0 Å². The van der Waals surface area contributed by atoms with Crippen molar-refractivity contribution >= 4 is 25.3 Å². The molecule has 104 valence electrons. The van der Waals surface area contributed by atoms with Gasteiger partial charge in [0.05, 0.1) is 5.92 Å². The van der Waals surface area contributed by atoms with E-state index in [9.17, 15) is 23.8 Å². The number of rotatable bonds is 8. The summed E-state index contributed by atoms with van der Waals surface area (Å²) in [7, 11) is -4.41. The zero-order valence-corrected chi connectivity index (χ0v) is 10.1. The zero-order chi connectivity index (χ0) is 14.5. The molecular weight excluding hydrogens is 269 g/mol. The second kappa shape index (κ2) is 6.48. The maximum absolute atomic E-state index is 11.6. The highest BCUT2D eigenvalue weighted by Gasteiger charge is 2.38. The van der Waals surface area contributed by atoms with Crippen molar-refractivity contribution in [3.05, 3.63) is 0 Å². The predicted molar refractivity (Wildman–Crippen MR) is 58.3 cm³/mol. The summed E-state index contributed by atoms with van der Waals surface area (Å²) in [5, 5.41) is 25.6. The van der Waals surface area contributed by atoms with Crippen molar-refractivity contribution in [1.82, 2.24) is 0 Å². The third-order valence-electron chi connectivity index (χ3n) is 2.23.